The van der Waals surface area contributed by atoms with Crippen molar-refractivity contribution in [1.29, 1.82) is 0 Å². The van der Waals surface area contributed by atoms with Crippen LogP contribution < -0.4 is 10.6 Å². The minimum Gasteiger partial charge on any atom is -0.508 e. The maximum atomic E-state index is 13.2. The van der Waals surface area contributed by atoms with Gasteiger partial charge >= 0.3 is 0 Å². The number of phenols is 1. The fraction of sp³-hybridized carbons (Fsp3) is 0.471. The highest BCUT2D eigenvalue weighted by Gasteiger charge is 2.19. The van der Waals surface area contributed by atoms with E-state index >= 15 is 0 Å². The lowest BCUT2D eigenvalue weighted by atomic mass is 9.85. The van der Waals surface area contributed by atoms with Gasteiger partial charge in [-0.25, -0.2) is 0 Å². The minimum atomic E-state index is -0.408. The van der Waals surface area contributed by atoms with Crippen LogP contribution in [0.15, 0.2) is 72.9 Å². The maximum Gasteiger partial charge on any atom is 0.237 e. The average Bonchev–Trinajstić information content (AvgIpc) is 2.98. The highest BCUT2D eigenvalue weighted by molar-refractivity contribution is 5.82. The van der Waals surface area contributed by atoms with E-state index in [2.05, 4.69) is 39.9 Å². The van der Waals surface area contributed by atoms with Crippen LogP contribution in [0, 0.1) is 5.92 Å². The summed E-state index contributed by atoms with van der Waals surface area (Å²) in [5.41, 5.74) is 4.35. The molecule has 208 valence electrons. The van der Waals surface area contributed by atoms with Gasteiger partial charge in [-0.2, -0.15) is 0 Å². The lowest BCUT2D eigenvalue weighted by molar-refractivity contribution is -0.123. The first-order valence-electron chi connectivity index (χ1n) is 14.9. The van der Waals surface area contributed by atoms with Crippen molar-refractivity contribution in [3.63, 3.8) is 0 Å². The number of amides is 1. The monoisotopic (exact) mass is 527 g/mol. The van der Waals surface area contributed by atoms with Gasteiger partial charge in [0.25, 0.3) is 0 Å². The molecule has 39 heavy (non-hydrogen) atoms. The maximum absolute atomic E-state index is 13.2. The number of aromatic hydroxyl groups is 1. The Kier molecular flexibility index (Phi) is 11.9. The highest BCUT2D eigenvalue weighted by Crippen LogP contribution is 2.28. The van der Waals surface area contributed by atoms with Crippen molar-refractivity contribution in [2.24, 2.45) is 5.92 Å². The molecule has 0 spiro atoms. The van der Waals surface area contributed by atoms with E-state index < -0.39 is 6.04 Å². The van der Waals surface area contributed by atoms with Crippen LogP contribution >= 0.6 is 0 Å². The number of hydrogen-bond acceptors (Lipinski definition) is 4. The largest absolute Gasteiger partial charge is 0.508 e. The Morgan fingerprint density at radius 1 is 0.821 bits per heavy atom. The second kappa shape index (κ2) is 16.0. The number of aromatic nitrogens is 1. The Labute approximate surface area is 234 Å². The van der Waals surface area contributed by atoms with Crippen molar-refractivity contribution in [3.05, 3.63) is 95.3 Å². The molecule has 1 fully saturated rings. The van der Waals surface area contributed by atoms with Crippen LogP contribution in [0.5, 0.6) is 5.75 Å². The Morgan fingerprint density at radius 2 is 1.54 bits per heavy atom. The number of phenolic OH excluding ortho intramolecular Hbond substituents is 1. The number of hydrogen-bond donors (Lipinski definition) is 3. The summed E-state index contributed by atoms with van der Waals surface area (Å²) < 4.78 is 0. The summed E-state index contributed by atoms with van der Waals surface area (Å²) in [7, 11) is 0. The molecule has 4 rings (SSSR count). The van der Waals surface area contributed by atoms with Crippen LogP contribution in [-0.2, 0) is 30.7 Å². The molecule has 1 saturated carbocycles. The van der Waals surface area contributed by atoms with Gasteiger partial charge in [-0.15, -0.1) is 0 Å². The van der Waals surface area contributed by atoms with Crippen molar-refractivity contribution >= 4 is 5.91 Å². The molecular weight excluding hydrogens is 482 g/mol. The third kappa shape index (κ3) is 10.5. The summed E-state index contributed by atoms with van der Waals surface area (Å²) in [6.45, 7) is 1.00. The number of rotatable bonds is 15. The van der Waals surface area contributed by atoms with E-state index in [4.69, 9.17) is 0 Å². The van der Waals surface area contributed by atoms with Gasteiger partial charge < -0.3 is 10.4 Å². The van der Waals surface area contributed by atoms with Gasteiger partial charge in [0.1, 0.15) is 5.75 Å². The molecule has 1 aliphatic rings. The molecule has 0 aliphatic heterocycles. The molecule has 5 heteroatoms. The summed E-state index contributed by atoms with van der Waals surface area (Å²) in [4.78, 5) is 17.5. The molecule has 1 heterocycles. The van der Waals surface area contributed by atoms with E-state index in [-0.39, 0.29) is 11.7 Å². The minimum absolute atomic E-state index is 0.0451. The SMILES string of the molecule is O=C(NCc1ccc(CCCCCCC2CCCCC2)cc1)[C@H](Cc1ccc(O)cc1)NCc1ccccn1. The molecule has 0 unspecified atom stereocenters. The number of benzene rings is 2. The summed E-state index contributed by atoms with van der Waals surface area (Å²) in [6, 6.07) is 21.1. The van der Waals surface area contributed by atoms with Crippen LogP contribution in [0.3, 0.4) is 0 Å². The van der Waals surface area contributed by atoms with E-state index in [0.29, 0.717) is 19.5 Å². The Morgan fingerprint density at radius 3 is 2.28 bits per heavy atom. The van der Waals surface area contributed by atoms with Crippen LogP contribution in [-0.4, -0.2) is 22.0 Å². The van der Waals surface area contributed by atoms with Crippen LogP contribution in [0.25, 0.3) is 0 Å². The Bertz CT molecular complexity index is 1090. The second-order valence-corrected chi connectivity index (χ2v) is 11.1. The van der Waals surface area contributed by atoms with Crippen LogP contribution in [0.2, 0.25) is 0 Å². The molecule has 0 radical (unpaired) electrons. The third-order valence-corrected chi connectivity index (χ3v) is 7.99. The van der Waals surface area contributed by atoms with E-state index in [0.717, 1.165) is 29.2 Å². The summed E-state index contributed by atoms with van der Waals surface area (Å²) in [6.07, 6.45) is 17.5. The number of nitrogens with one attached hydrogen (secondary N) is 2. The normalized spacial score (nSPS) is 14.7. The summed E-state index contributed by atoms with van der Waals surface area (Å²) >= 11 is 0. The number of nitrogens with zero attached hydrogens (tertiary/aromatic N) is 1. The number of pyridine rings is 1. The first-order chi connectivity index (χ1) is 19.2. The molecule has 1 atom stereocenters. The molecule has 1 aromatic heterocycles. The number of carbonyl (C=O) groups is 1. The van der Waals surface area contributed by atoms with Gasteiger partial charge in [0.15, 0.2) is 0 Å². The van der Waals surface area contributed by atoms with Crippen LogP contribution in [0.4, 0.5) is 0 Å². The number of unbranched alkanes of at least 4 members (excludes halogenated alkanes) is 3. The molecular formula is C34H45N3O2. The van der Waals surface area contributed by atoms with Crippen molar-refractivity contribution in [3.8, 4) is 5.75 Å². The van der Waals surface area contributed by atoms with Gasteiger partial charge in [0.05, 0.1) is 11.7 Å². The Hall–Kier alpha value is -3.18. The highest BCUT2D eigenvalue weighted by atomic mass is 16.3. The molecule has 1 amide bonds. The van der Waals surface area contributed by atoms with Crippen molar-refractivity contribution in [1.82, 2.24) is 15.6 Å². The first-order valence-corrected chi connectivity index (χ1v) is 14.9. The van der Waals surface area contributed by atoms with Gasteiger partial charge in [0, 0.05) is 19.3 Å². The Balaban J connectivity index is 1.19. The number of aryl methyl sites for hydroxylation is 1. The molecule has 2 aromatic carbocycles. The zero-order valence-electron chi connectivity index (χ0n) is 23.3. The zero-order chi connectivity index (χ0) is 27.1. The van der Waals surface area contributed by atoms with Crippen LogP contribution in [0.1, 0.15) is 86.6 Å². The molecule has 0 saturated heterocycles. The standard InChI is InChI=1S/C34H45N3O2/c38-32-21-19-29(20-22-32)24-33(36-26-31-14-8-9-23-35-31)34(39)37-25-30-17-15-28(16-18-30)13-5-2-1-4-10-27-11-6-3-7-12-27/h8-9,14-23,27,33,36,38H,1-7,10-13,24-26H2,(H,37,39)/t33-/m0/s1. The number of carbonyl (C=O) groups excluding carboxylic acids is 1. The molecule has 3 N–H and O–H groups in total. The smallest absolute Gasteiger partial charge is 0.237 e. The quantitative estimate of drug-likeness (QED) is 0.188. The predicted octanol–water partition coefficient (Wildman–Crippen LogP) is 6.88. The topological polar surface area (TPSA) is 74.2 Å². The summed E-state index contributed by atoms with van der Waals surface area (Å²) in [5, 5.41) is 16.1. The van der Waals surface area contributed by atoms with Crippen molar-refractivity contribution < 1.29 is 9.90 Å². The van der Waals surface area contributed by atoms with E-state index in [9.17, 15) is 9.90 Å². The fourth-order valence-corrected chi connectivity index (χ4v) is 5.58. The van der Waals surface area contributed by atoms with E-state index in [1.807, 2.05) is 30.3 Å². The zero-order valence-corrected chi connectivity index (χ0v) is 23.3. The predicted molar refractivity (Wildman–Crippen MR) is 158 cm³/mol. The summed E-state index contributed by atoms with van der Waals surface area (Å²) in [5.74, 6) is 1.18. The van der Waals surface area contributed by atoms with Crippen molar-refractivity contribution in [2.75, 3.05) is 0 Å². The third-order valence-electron chi connectivity index (χ3n) is 7.99. The van der Waals surface area contributed by atoms with E-state index in [1.54, 1.807) is 18.3 Å². The lowest BCUT2D eigenvalue weighted by Crippen LogP contribution is -2.45. The molecule has 1 aliphatic carbocycles. The van der Waals surface area contributed by atoms with Gasteiger partial charge in [0.2, 0.25) is 5.91 Å². The average molecular weight is 528 g/mol. The van der Waals surface area contributed by atoms with Crippen molar-refractivity contribution in [2.45, 2.75) is 96.2 Å². The lowest BCUT2D eigenvalue weighted by Gasteiger charge is -2.21. The molecule has 3 aromatic rings. The first kappa shape index (κ1) is 28.8. The van der Waals surface area contributed by atoms with Gasteiger partial charge in [-0.05, 0) is 66.1 Å². The van der Waals surface area contributed by atoms with Gasteiger partial charge in [-0.3, -0.25) is 15.1 Å². The fourth-order valence-electron chi connectivity index (χ4n) is 5.58. The second-order valence-electron chi connectivity index (χ2n) is 11.1. The van der Waals surface area contributed by atoms with E-state index in [1.165, 1.54) is 69.8 Å². The molecule has 0 bridgehead atoms. The molecule has 5 nitrogen and oxygen atoms in total. The van der Waals surface area contributed by atoms with Gasteiger partial charge in [-0.1, -0.05) is 100 Å².